The first-order valence-corrected chi connectivity index (χ1v) is 8.22. The van der Waals surface area contributed by atoms with Crippen LogP contribution in [-0.4, -0.2) is 12.6 Å². The second-order valence-electron chi connectivity index (χ2n) is 6.13. The predicted molar refractivity (Wildman–Crippen MR) is 95.9 cm³/mol. The Morgan fingerprint density at radius 2 is 1.57 bits per heavy atom. The van der Waals surface area contributed by atoms with E-state index in [0.717, 1.165) is 5.56 Å². The Bertz CT molecular complexity index is 715. The number of hydrogen-bond acceptors (Lipinski definition) is 2. The van der Waals surface area contributed by atoms with E-state index in [-0.39, 0.29) is 11.9 Å². The van der Waals surface area contributed by atoms with E-state index in [1.807, 2.05) is 19.9 Å². The van der Waals surface area contributed by atoms with Gasteiger partial charge < -0.3 is 4.74 Å². The summed E-state index contributed by atoms with van der Waals surface area (Å²) in [6.07, 6.45) is 0. The third-order valence-electron chi connectivity index (χ3n) is 4.82. The van der Waals surface area contributed by atoms with Crippen LogP contribution < -0.4 is 0 Å². The topological polar surface area (TPSA) is 26.3 Å². The van der Waals surface area contributed by atoms with Gasteiger partial charge in [0.25, 0.3) is 0 Å². The maximum Gasteiger partial charge on any atom is 0.313 e. The number of carbonyl (C=O) groups is 1. The lowest BCUT2D eigenvalue weighted by atomic mass is 9.81. The number of ether oxygens (including phenoxy) is 1. The summed E-state index contributed by atoms with van der Waals surface area (Å²) in [6.45, 7) is 12.7. The fourth-order valence-electron chi connectivity index (χ4n) is 3.44. The molecule has 2 nitrogen and oxygen atoms in total. The molecule has 23 heavy (non-hydrogen) atoms. The van der Waals surface area contributed by atoms with Gasteiger partial charge in [0.05, 0.1) is 12.5 Å². The number of carbonyl (C=O) groups excluding carboxylic acids is 1. The van der Waals surface area contributed by atoms with Crippen LogP contribution in [0.5, 0.6) is 0 Å². The van der Waals surface area contributed by atoms with Crippen LogP contribution in [0.15, 0.2) is 30.3 Å². The van der Waals surface area contributed by atoms with Crippen LogP contribution in [0, 0.1) is 27.7 Å². The van der Waals surface area contributed by atoms with E-state index in [2.05, 4.69) is 52.0 Å². The maximum atomic E-state index is 12.3. The zero-order chi connectivity index (χ0) is 17.1. The van der Waals surface area contributed by atoms with E-state index in [1.54, 1.807) is 0 Å². The molecule has 2 aromatic rings. The van der Waals surface area contributed by atoms with Crippen molar-refractivity contribution in [1.29, 1.82) is 0 Å². The fraction of sp³-hybridized carbons (Fsp3) is 0.381. The van der Waals surface area contributed by atoms with Crippen molar-refractivity contribution in [3.05, 3.63) is 58.1 Å². The number of benzene rings is 2. The van der Waals surface area contributed by atoms with Crippen molar-refractivity contribution in [2.24, 2.45) is 0 Å². The molecule has 0 aromatic heterocycles. The monoisotopic (exact) mass is 310 g/mol. The molecule has 0 spiro atoms. The van der Waals surface area contributed by atoms with Crippen molar-refractivity contribution >= 4 is 5.97 Å². The lowest BCUT2D eigenvalue weighted by Crippen LogP contribution is -2.16. The van der Waals surface area contributed by atoms with Gasteiger partial charge in [0.15, 0.2) is 0 Å². The van der Waals surface area contributed by atoms with Crippen LogP contribution in [-0.2, 0) is 9.53 Å². The molecule has 2 heteroatoms. The first kappa shape index (κ1) is 17.3. The summed E-state index contributed by atoms with van der Waals surface area (Å²) in [7, 11) is 0. The van der Waals surface area contributed by atoms with Crippen LogP contribution in [0.2, 0.25) is 0 Å². The minimum absolute atomic E-state index is 0.152. The smallest absolute Gasteiger partial charge is 0.313 e. The fourth-order valence-corrected chi connectivity index (χ4v) is 3.44. The minimum atomic E-state index is -0.253. The van der Waals surface area contributed by atoms with Gasteiger partial charge >= 0.3 is 5.97 Å². The van der Waals surface area contributed by atoms with Gasteiger partial charge in [0.2, 0.25) is 0 Å². The minimum Gasteiger partial charge on any atom is -0.466 e. The van der Waals surface area contributed by atoms with Crippen LogP contribution in [0.1, 0.15) is 47.6 Å². The van der Waals surface area contributed by atoms with Crippen LogP contribution in [0.25, 0.3) is 11.1 Å². The summed E-state index contributed by atoms with van der Waals surface area (Å²) < 4.78 is 5.24. The average molecular weight is 310 g/mol. The van der Waals surface area contributed by atoms with Crippen LogP contribution >= 0.6 is 0 Å². The Balaban J connectivity index is 2.70. The second-order valence-corrected chi connectivity index (χ2v) is 6.13. The summed E-state index contributed by atoms with van der Waals surface area (Å²) in [5.74, 6) is -0.405. The Morgan fingerprint density at radius 3 is 2.13 bits per heavy atom. The first-order valence-electron chi connectivity index (χ1n) is 8.22. The zero-order valence-corrected chi connectivity index (χ0v) is 15.0. The normalized spacial score (nSPS) is 12.1. The van der Waals surface area contributed by atoms with Crippen molar-refractivity contribution in [1.82, 2.24) is 0 Å². The molecule has 0 bridgehead atoms. The van der Waals surface area contributed by atoms with Gasteiger partial charge in [-0.3, -0.25) is 4.79 Å². The third kappa shape index (κ3) is 3.17. The highest BCUT2D eigenvalue weighted by Crippen LogP contribution is 2.37. The van der Waals surface area contributed by atoms with Crippen LogP contribution in [0.4, 0.5) is 0 Å². The molecule has 0 saturated heterocycles. The first-order chi connectivity index (χ1) is 10.9. The molecule has 0 heterocycles. The van der Waals surface area contributed by atoms with E-state index >= 15 is 0 Å². The molecule has 0 amide bonds. The molecule has 0 fully saturated rings. The molecule has 122 valence electrons. The summed E-state index contributed by atoms with van der Waals surface area (Å²) in [6, 6.07) is 10.4. The van der Waals surface area contributed by atoms with Crippen molar-refractivity contribution in [3.8, 4) is 11.1 Å². The van der Waals surface area contributed by atoms with Crippen molar-refractivity contribution in [2.45, 2.75) is 47.5 Å². The van der Waals surface area contributed by atoms with E-state index in [0.29, 0.717) is 6.61 Å². The standard InChI is InChI=1S/C21H26O2/c1-7-23-21(22)17(6)19-14(3)13(2)15(4)20(16(19)5)18-11-9-8-10-12-18/h8-12,17H,7H2,1-6H3. The van der Waals surface area contributed by atoms with E-state index in [1.165, 1.54) is 33.4 Å². The highest BCUT2D eigenvalue weighted by molar-refractivity contribution is 5.82. The van der Waals surface area contributed by atoms with Gasteiger partial charge in [0.1, 0.15) is 0 Å². The molecule has 1 atom stereocenters. The largest absolute Gasteiger partial charge is 0.466 e. The zero-order valence-electron chi connectivity index (χ0n) is 15.0. The van der Waals surface area contributed by atoms with Gasteiger partial charge in [-0.1, -0.05) is 30.3 Å². The third-order valence-corrected chi connectivity index (χ3v) is 4.82. The highest BCUT2D eigenvalue weighted by atomic mass is 16.5. The SMILES string of the molecule is CCOC(=O)C(C)c1c(C)c(C)c(C)c(-c2ccccc2)c1C. The lowest BCUT2D eigenvalue weighted by molar-refractivity contribution is -0.144. The molecule has 2 aromatic carbocycles. The molecule has 0 aliphatic carbocycles. The number of rotatable bonds is 4. The Morgan fingerprint density at radius 1 is 0.957 bits per heavy atom. The van der Waals surface area contributed by atoms with Gasteiger partial charge in [-0.2, -0.15) is 0 Å². The lowest BCUT2D eigenvalue weighted by Gasteiger charge is -2.24. The predicted octanol–water partition coefficient (Wildman–Crippen LogP) is 5.25. The average Bonchev–Trinajstić information content (AvgIpc) is 2.54. The van der Waals surface area contributed by atoms with E-state index < -0.39 is 0 Å². The second kappa shape index (κ2) is 6.99. The Kier molecular flexibility index (Phi) is 5.25. The molecule has 2 rings (SSSR count). The van der Waals surface area contributed by atoms with Crippen LogP contribution in [0.3, 0.4) is 0 Å². The molecule has 0 N–H and O–H groups in total. The number of hydrogen-bond donors (Lipinski definition) is 0. The van der Waals surface area contributed by atoms with Gasteiger partial charge in [-0.05, 0) is 80.5 Å². The van der Waals surface area contributed by atoms with Crippen molar-refractivity contribution in [2.75, 3.05) is 6.61 Å². The number of esters is 1. The Hall–Kier alpha value is -2.09. The molecule has 1 unspecified atom stereocenters. The molecule has 0 radical (unpaired) electrons. The van der Waals surface area contributed by atoms with Gasteiger partial charge in [-0.25, -0.2) is 0 Å². The van der Waals surface area contributed by atoms with Crippen molar-refractivity contribution in [3.63, 3.8) is 0 Å². The molecular formula is C21H26O2. The van der Waals surface area contributed by atoms with Gasteiger partial charge in [0, 0.05) is 0 Å². The maximum absolute atomic E-state index is 12.3. The van der Waals surface area contributed by atoms with Crippen molar-refractivity contribution < 1.29 is 9.53 Å². The summed E-state index contributed by atoms with van der Waals surface area (Å²) in [5.41, 5.74) is 8.44. The van der Waals surface area contributed by atoms with Gasteiger partial charge in [-0.15, -0.1) is 0 Å². The molecule has 0 aliphatic heterocycles. The highest BCUT2D eigenvalue weighted by Gasteiger charge is 2.24. The molecule has 0 saturated carbocycles. The van der Waals surface area contributed by atoms with E-state index in [9.17, 15) is 4.79 Å². The summed E-state index contributed by atoms with van der Waals surface area (Å²) in [4.78, 5) is 12.3. The summed E-state index contributed by atoms with van der Waals surface area (Å²) >= 11 is 0. The quantitative estimate of drug-likeness (QED) is 0.721. The Labute approximate surface area is 139 Å². The molecular weight excluding hydrogens is 284 g/mol. The molecule has 0 aliphatic rings. The van der Waals surface area contributed by atoms with E-state index in [4.69, 9.17) is 4.74 Å². The summed E-state index contributed by atoms with van der Waals surface area (Å²) in [5, 5.41) is 0.